The van der Waals surface area contributed by atoms with Gasteiger partial charge in [-0.15, -0.1) is 0 Å². The maximum absolute atomic E-state index is 13.4. The van der Waals surface area contributed by atoms with E-state index >= 15 is 0 Å². The maximum atomic E-state index is 13.4. The number of methoxy groups -OCH3 is 1. The highest BCUT2D eigenvalue weighted by atomic mass is 32.2. The van der Waals surface area contributed by atoms with Gasteiger partial charge >= 0.3 is 10.2 Å². The van der Waals surface area contributed by atoms with Crippen LogP contribution in [0.2, 0.25) is 0 Å². The fourth-order valence-corrected chi connectivity index (χ4v) is 5.70. The van der Waals surface area contributed by atoms with Crippen molar-refractivity contribution in [1.29, 1.82) is 0 Å². The zero-order valence-corrected chi connectivity index (χ0v) is 20.3. The molecule has 1 atom stereocenters. The zero-order valence-electron chi connectivity index (χ0n) is 19.5. The third-order valence-electron chi connectivity index (χ3n) is 5.68. The number of ether oxygens (including phenoxy) is 2. The number of carbonyl (C=O) groups excluding carboxylic acids is 1. The molecule has 0 saturated carbocycles. The fraction of sp³-hybridized carbons (Fsp3) is 0.458. The van der Waals surface area contributed by atoms with E-state index < -0.39 is 16.1 Å². The van der Waals surface area contributed by atoms with Gasteiger partial charge in [0.05, 0.1) is 25.3 Å². The minimum absolute atomic E-state index is 0.137. The fourth-order valence-electron chi connectivity index (χ4n) is 3.98. The first kappa shape index (κ1) is 24.9. The topological polar surface area (TPSA) is 88.2 Å². The van der Waals surface area contributed by atoms with E-state index in [4.69, 9.17) is 9.47 Å². The molecule has 1 amide bonds. The van der Waals surface area contributed by atoms with Gasteiger partial charge in [-0.2, -0.15) is 12.7 Å². The number of carbonyl (C=O) groups is 1. The van der Waals surface area contributed by atoms with Gasteiger partial charge in [0.2, 0.25) is 5.91 Å². The number of piperidine rings is 1. The lowest BCUT2D eigenvalue weighted by molar-refractivity contribution is -0.126. The first-order valence-electron chi connectivity index (χ1n) is 11.3. The third kappa shape index (κ3) is 6.17. The van der Waals surface area contributed by atoms with E-state index in [-0.39, 0.29) is 12.5 Å². The molecular weight excluding hydrogens is 442 g/mol. The predicted octanol–water partition coefficient (Wildman–Crippen LogP) is 3.19. The molecule has 8 nitrogen and oxygen atoms in total. The first-order valence-corrected chi connectivity index (χ1v) is 12.7. The second-order valence-electron chi connectivity index (χ2n) is 7.87. The van der Waals surface area contributed by atoms with Crippen molar-refractivity contribution in [3.05, 3.63) is 54.1 Å². The molecule has 2 aromatic rings. The van der Waals surface area contributed by atoms with Crippen LogP contribution in [0.3, 0.4) is 0 Å². The number of hydrogen-bond donors (Lipinski definition) is 1. The highest BCUT2D eigenvalue weighted by Crippen LogP contribution is 2.27. The van der Waals surface area contributed by atoms with E-state index in [1.807, 2.05) is 31.2 Å². The molecule has 1 aliphatic heterocycles. The summed E-state index contributed by atoms with van der Waals surface area (Å²) in [5.74, 6) is 0.895. The first-order chi connectivity index (χ1) is 15.9. The van der Waals surface area contributed by atoms with Crippen LogP contribution in [-0.4, -0.2) is 52.0 Å². The largest absolute Gasteiger partial charge is 0.497 e. The molecule has 33 heavy (non-hydrogen) atoms. The van der Waals surface area contributed by atoms with Gasteiger partial charge in [0.1, 0.15) is 11.5 Å². The van der Waals surface area contributed by atoms with Gasteiger partial charge in [-0.1, -0.05) is 12.1 Å². The minimum Gasteiger partial charge on any atom is -0.497 e. The molecule has 9 heteroatoms. The SMILES string of the molecule is CCOc1ccc(N(CC)S(=O)(=O)N2CCCC(C(=O)NCc3cccc(OC)c3)C2)cc1. The Labute approximate surface area is 196 Å². The molecule has 1 saturated heterocycles. The summed E-state index contributed by atoms with van der Waals surface area (Å²) >= 11 is 0. The van der Waals surface area contributed by atoms with Gasteiger partial charge in [-0.25, -0.2) is 0 Å². The number of benzene rings is 2. The van der Waals surface area contributed by atoms with Gasteiger partial charge in [-0.3, -0.25) is 9.10 Å². The van der Waals surface area contributed by atoms with Crippen LogP contribution in [0.1, 0.15) is 32.3 Å². The number of amides is 1. The van der Waals surface area contributed by atoms with Crippen LogP contribution in [0, 0.1) is 5.92 Å². The van der Waals surface area contributed by atoms with Crippen molar-refractivity contribution < 1.29 is 22.7 Å². The van der Waals surface area contributed by atoms with Crippen molar-refractivity contribution in [2.75, 3.05) is 37.7 Å². The molecule has 2 aromatic carbocycles. The van der Waals surface area contributed by atoms with E-state index in [0.29, 0.717) is 50.5 Å². The minimum atomic E-state index is -3.77. The summed E-state index contributed by atoms with van der Waals surface area (Å²) in [6, 6.07) is 14.5. The lowest BCUT2D eigenvalue weighted by Crippen LogP contribution is -2.50. The Bertz CT molecular complexity index is 1030. The third-order valence-corrected chi connectivity index (χ3v) is 7.69. The summed E-state index contributed by atoms with van der Waals surface area (Å²) in [6.07, 6.45) is 1.29. The Kier molecular flexibility index (Phi) is 8.57. The number of nitrogens with zero attached hydrogens (tertiary/aromatic N) is 2. The van der Waals surface area contributed by atoms with Crippen LogP contribution in [0.5, 0.6) is 11.5 Å². The summed E-state index contributed by atoms with van der Waals surface area (Å²) in [6.45, 7) is 5.47. The number of hydrogen-bond acceptors (Lipinski definition) is 5. The Morgan fingerprint density at radius 1 is 1.15 bits per heavy atom. The zero-order chi connectivity index (χ0) is 23.8. The van der Waals surface area contributed by atoms with E-state index in [9.17, 15) is 13.2 Å². The predicted molar refractivity (Wildman–Crippen MR) is 129 cm³/mol. The molecule has 1 fully saturated rings. The highest BCUT2D eigenvalue weighted by Gasteiger charge is 2.35. The lowest BCUT2D eigenvalue weighted by Gasteiger charge is -2.35. The molecule has 1 N–H and O–H groups in total. The van der Waals surface area contributed by atoms with Crippen LogP contribution in [0.4, 0.5) is 5.69 Å². The molecule has 0 aromatic heterocycles. The number of nitrogens with one attached hydrogen (secondary N) is 1. The van der Waals surface area contributed by atoms with E-state index in [1.54, 1.807) is 38.3 Å². The summed E-state index contributed by atoms with van der Waals surface area (Å²) < 4.78 is 40.3. The van der Waals surface area contributed by atoms with Crippen molar-refractivity contribution in [1.82, 2.24) is 9.62 Å². The van der Waals surface area contributed by atoms with E-state index in [0.717, 1.165) is 11.3 Å². The Hall–Kier alpha value is -2.78. The van der Waals surface area contributed by atoms with Gasteiger partial charge in [0.25, 0.3) is 0 Å². The van der Waals surface area contributed by atoms with Gasteiger partial charge in [0.15, 0.2) is 0 Å². The normalized spacial score (nSPS) is 16.8. The number of anilines is 1. The molecule has 0 bridgehead atoms. The average Bonchev–Trinajstić information content (AvgIpc) is 2.84. The molecule has 3 rings (SSSR count). The summed E-state index contributed by atoms with van der Waals surface area (Å²) in [5.41, 5.74) is 1.50. The van der Waals surface area contributed by atoms with Crippen molar-refractivity contribution in [3.63, 3.8) is 0 Å². The molecule has 1 heterocycles. The number of rotatable bonds is 10. The van der Waals surface area contributed by atoms with Gasteiger partial charge in [0, 0.05) is 26.2 Å². The van der Waals surface area contributed by atoms with Crippen LogP contribution < -0.4 is 19.1 Å². The molecule has 180 valence electrons. The molecule has 0 spiro atoms. The monoisotopic (exact) mass is 475 g/mol. The Morgan fingerprint density at radius 2 is 1.91 bits per heavy atom. The summed E-state index contributed by atoms with van der Waals surface area (Å²) in [4.78, 5) is 12.8. The van der Waals surface area contributed by atoms with Crippen molar-refractivity contribution in [2.45, 2.75) is 33.2 Å². The van der Waals surface area contributed by atoms with Gasteiger partial charge < -0.3 is 14.8 Å². The summed E-state index contributed by atoms with van der Waals surface area (Å²) in [7, 11) is -2.17. The molecule has 1 aliphatic rings. The average molecular weight is 476 g/mol. The maximum Gasteiger partial charge on any atom is 0.304 e. The van der Waals surface area contributed by atoms with Crippen molar-refractivity contribution >= 4 is 21.8 Å². The van der Waals surface area contributed by atoms with Gasteiger partial charge in [-0.05, 0) is 68.7 Å². The van der Waals surface area contributed by atoms with Crippen LogP contribution in [0.15, 0.2) is 48.5 Å². The van der Waals surface area contributed by atoms with Crippen LogP contribution in [0.25, 0.3) is 0 Å². The Balaban J connectivity index is 1.66. The van der Waals surface area contributed by atoms with Crippen LogP contribution in [-0.2, 0) is 21.5 Å². The standard InChI is InChI=1S/C24H33N3O5S/c1-4-27(21-11-13-22(14-12-21)32-5-2)33(29,30)26-15-7-9-20(18-26)24(28)25-17-19-8-6-10-23(16-19)31-3/h6,8,10-14,16,20H,4-5,7,9,15,17-18H2,1-3H3,(H,25,28). The Morgan fingerprint density at radius 3 is 2.58 bits per heavy atom. The second-order valence-corrected chi connectivity index (χ2v) is 9.72. The molecular formula is C24H33N3O5S. The van der Waals surface area contributed by atoms with Crippen LogP contribution >= 0.6 is 0 Å². The lowest BCUT2D eigenvalue weighted by atomic mass is 9.99. The quantitative estimate of drug-likeness (QED) is 0.570. The molecule has 0 radical (unpaired) electrons. The molecule has 0 aliphatic carbocycles. The van der Waals surface area contributed by atoms with E-state index in [1.165, 1.54) is 8.61 Å². The second kappa shape index (κ2) is 11.4. The molecule has 1 unspecified atom stereocenters. The van der Waals surface area contributed by atoms with Crippen molar-refractivity contribution in [2.24, 2.45) is 5.92 Å². The van der Waals surface area contributed by atoms with Crippen molar-refractivity contribution in [3.8, 4) is 11.5 Å². The smallest absolute Gasteiger partial charge is 0.304 e. The van der Waals surface area contributed by atoms with E-state index in [2.05, 4.69) is 5.32 Å². The summed E-state index contributed by atoms with van der Waals surface area (Å²) in [5, 5.41) is 2.94. The highest BCUT2D eigenvalue weighted by molar-refractivity contribution is 7.90.